The van der Waals surface area contributed by atoms with Gasteiger partial charge in [-0.3, -0.25) is 14.5 Å². The van der Waals surface area contributed by atoms with Crippen molar-refractivity contribution >= 4 is 11.7 Å². The lowest BCUT2D eigenvalue weighted by atomic mass is 10.3. The Morgan fingerprint density at radius 1 is 1.50 bits per heavy atom. The molecule has 0 saturated heterocycles. The summed E-state index contributed by atoms with van der Waals surface area (Å²) in [5.41, 5.74) is 1.57. The van der Waals surface area contributed by atoms with Gasteiger partial charge in [-0.15, -0.1) is 0 Å². The lowest BCUT2D eigenvalue weighted by Gasteiger charge is -2.01. The first-order valence-corrected chi connectivity index (χ1v) is 5.96. The monoisotopic (exact) mass is 244 g/mol. The number of nitrogens with one attached hydrogen (secondary N) is 1. The van der Waals surface area contributed by atoms with Crippen molar-refractivity contribution < 1.29 is 4.79 Å². The van der Waals surface area contributed by atoms with Gasteiger partial charge in [-0.2, -0.15) is 5.10 Å². The number of rotatable bonds is 4. The Bertz CT molecular complexity index is 533. The number of pyridine rings is 1. The summed E-state index contributed by atoms with van der Waals surface area (Å²) >= 11 is 0. The lowest BCUT2D eigenvalue weighted by molar-refractivity contribution is 0.102. The summed E-state index contributed by atoms with van der Waals surface area (Å²) in [7, 11) is 0. The van der Waals surface area contributed by atoms with Crippen LogP contribution in [0.2, 0.25) is 0 Å². The second-order valence-corrected chi connectivity index (χ2v) is 4.09. The van der Waals surface area contributed by atoms with Gasteiger partial charge in [0.2, 0.25) is 0 Å². The van der Waals surface area contributed by atoms with Gasteiger partial charge in [-0.1, -0.05) is 6.92 Å². The van der Waals surface area contributed by atoms with Crippen LogP contribution in [0.4, 0.5) is 5.82 Å². The van der Waals surface area contributed by atoms with Crippen LogP contribution < -0.4 is 5.32 Å². The van der Waals surface area contributed by atoms with Gasteiger partial charge in [0.1, 0.15) is 0 Å². The van der Waals surface area contributed by atoms with E-state index in [0.717, 1.165) is 18.7 Å². The molecule has 94 valence electrons. The molecule has 5 heteroatoms. The molecule has 0 aliphatic carbocycles. The molecular weight excluding hydrogens is 228 g/mol. The van der Waals surface area contributed by atoms with E-state index in [9.17, 15) is 4.79 Å². The maximum absolute atomic E-state index is 11.9. The van der Waals surface area contributed by atoms with Gasteiger partial charge in [0.15, 0.2) is 5.82 Å². The molecule has 1 amide bonds. The summed E-state index contributed by atoms with van der Waals surface area (Å²) in [4.78, 5) is 15.8. The molecule has 2 rings (SSSR count). The maximum Gasteiger partial charge on any atom is 0.258 e. The largest absolute Gasteiger partial charge is 0.305 e. The summed E-state index contributed by atoms with van der Waals surface area (Å²) in [6, 6.07) is 5.32. The molecule has 0 spiro atoms. The Labute approximate surface area is 106 Å². The number of carbonyl (C=O) groups is 1. The Morgan fingerprint density at radius 2 is 2.33 bits per heavy atom. The predicted octanol–water partition coefficient (Wildman–Crippen LogP) is 2.25. The normalized spacial score (nSPS) is 10.3. The van der Waals surface area contributed by atoms with Gasteiger partial charge in [0, 0.05) is 30.7 Å². The number of anilines is 1. The first-order valence-electron chi connectivity index (χ1n) is 5.96. The molecule has 0 fully saturated rings. The predicted molar refractivity (Wildman–Crippen MR) is 69.4 cm³/mol. The molecule has 0 saturated carbocycles. The van der Waals surface area contributed by atoms with Crippen molar-refractivity contribution in [1.29, 1.82) is 0 Å². The zero-order chi connectivity index (χ0) is 13.0. The van der Waals surface area contributed by atoms with Gasteiger partial charge >= 0.3 is 0 Å². The first-order chi connectivity index (χ1) is 8.70. The molecule has 18 heavy (non-hydrogen) atoms. The Hall–Kier alpha value is -2.17. The molecule has 0 aliphatic heterocycles. The molecule has 0 aromatic carbocycles. The van der Waals surface area contributed by atoms with E-state index in [1.54, 1.807) is 18.3 Å². The highest BCUT2D eigenvalue weighted by Crippen LogP contribution is 2.10. The molecule has 2 aromatic rings. The Balaban J connectivity index is 2.10. The third-order valence-electron chi connectivity index (χ3n) is 2.58. The average Bonchev–Trinajstić information content (AvgIpc) is 2.71. The molecule has 2 heterocycles. The molecule has 0 aliphatic rings. The van der Waals surface area contributed by atoms with E-state index in [2.05, 4.69) is 22.3 Å². The molecule has 5 nitrogen and oxygen atoms in total. The van der Waals surface area contributed by atoms with E-state index in [-0.39, 0.29) is 5.91 Å². The van der Waals surface area contributed by atoms with Gasteiger partial charge in [0.05, 0.1) is 5.56 Å². The summed E-state index contributed by atoms with van der Waals surface area (Å²) < 4.78 is 1.89. The fourth-order valence-electron chi connectivity index (χ4n) is 1.69. The Kier molecular flexibility index (Phi) is 3.72. The van der Waals surface area contributed by atoms with E-state index in [1.165, 1.54) is 6.20 Å². The highest BCUT2D eigenvalue weighted by Gasteiger charge is 2.09. The van der Waals surface area contributed by atoms with Crippen molar-refractivity contribution in [3.63, 3.8) is 0 Å². The minimum atomic E-state index is -0.191. The fourth-order valence-corrected chi connectivity index (χ4v) is 1.69. The van der Waals surface area contributed by atoms with Crippen molar-refractivity contribution in [2.75, 3.05) is 5.32 Å². The topological polar surface area (TPSA) is 59.8 Å². The second-order valence-electron chi connectivity index (χ2n) is 4.09. The molecule has 0 radical (unpaired) electrons. The molecule has 0 atom stereocenters. The zero-order valence-electron chi connectivity index (χ0n) is 10.6. The number of aromatic nitrogens is 3. The number of amides is 1. The summed E-state index contributed by atoms with van der Waals surface area (Å²) in [5.74, 6) is 0.388. The van der Waals surface area contributed by atoms with Gasteiger partial charge in [-0.05, 0) is 25.5 Å². The van der Waals surface area contributed by atoms with E-state index in [4.69, 9.17) is 0 Å². The number of hydrogen-bond donors (Lipinski definition) is 1. The van der Waals surface area contributed by atoms with E-state index < -0.39 is 0 Å². The minimum Gasteiger partial charge on any atom is -0.305 e. The standard InChI is InChI=1S/C13H16N4O/c1-3-7-17-10(2)8-12(16-17)15-13(18)11-5-4-6-14-9-11/h4-6,8-9H,3,7H2,1-2H3,(H,15,16,18). The van der Waals surface area contributed by atoms with Crippen LogP contribution in [0.1, 0.15) is 29.4 Å². The van der Waals surface area contributed by atoms with E-state index in [1.807, 2.05) is 17.7 Å². The van der Waals surface area contributed by atoms with E-state index in [0.29, 0.717) is 11.4 Å². The van der Waals surface area contributed by atoms with Crippen molar-refractivity contribution in [2.45, 2.75) is 26.8 Å². The van der Waals surface area contributed by atoms with Crippen molar-refractivity contribution in [1.82, 2.24) is 14.8 Å². The van der Waals surface area contributed by atoms with E-state index >= 15 is 0 Å². The van der Waals surface area contributed by atoms with Crippen molar-refractivity contribution in [3.8, 4) is 0 Å². The van der Waals surface area contributed by atoms with Crippen LogP contribution in [-0.2, 0) is 6.54 Å². The fraction of sp³-hybridized carbons (Fsp3) is 0.308. The molecule has 1 N–H and O–H groups in total. The molecule has 0 unspecified atom stereocenters. The van der Waals surface area contributed by atoms with Gasteiger partial charge in [0.25, 0.3) is 5.91 Å². The lowest BCUT2D eigenvalue weighted by Crippen LogP contribution is -2.12. The number of hydrogen-bond acceptors (Lipinski definition) is 3. The van der Waals surface area contributed by atoms with Crippen LogP contribution in [0.15, 0.2) is 30.6 Å². The van der Waals surface area contributed by atoms with Crippen LogP contribution in [-0.4, -0.2) is 20.7 Å². The third kappa shape index (κ3) is 2.74. The number of carbonyl (C=O) groups excluding carboxylic acids is 1. The van der Waals surface area contributed by atoms with Crippen LogP contribution in [0, 0.1) is 6.92 Å². The second kappa shape index (κ2) is 5.44. The van der Waals surface area contributed by atoms with Crippen LogP contribution >= 0.6 is 0 Å². The highest BCUT2D eigenvalue weighted by molar-refractivity contribution is 6.03. The first kappa shape index (κ1) is 12.3. The van der Waals surface area contributed by atoms with Crippen molar-refractivity contribution in [2.24, 2.45) is 0 Å². The van der Waals surface area contributed by atoms with Crippen LogP contribution in [0.5, 0.6) is 0 Å². The third-order valence-corrected chi connectivity index (χ3v) is 2.58. The zero-order valence-corrected chi connectivity index (χ0v) is 10.6. The summed E-state index contributed by atoms with van der Waals surface area (Å²) in [6.45, 7) is 4.92. The summed E-state index contributed by atoms with van der Waals surface area (Å²) in [6.07, 6.45) is 4.18. The van der Waals surface area contributed by atoms with Crippen molar-refractivity contribution in [3.05, 3.63) is 41.9 Å². The number of aryl methyl sites for hydroxylation is 2. The molecular formula is C13H16N4O. The molecule has 0 bridgehead atoms. The maximum atomic E-state index is 11.9. The van der Waals surface area contributed by atoms with Crippen LogP contribution in [0.25, 0.3) is 0 Å². The SMILES string of the molecule is CCCn1nc(NC(=O)c2cccnc2)cc1C. The highest BCUT2D eigenvalue weighted by atomic mass is 16.1. The van der Waals surface area contributed by atoms with Gasteiger partial charge < -0.3 is 5.32 Å². The van der Waals surface area contributed by atoms with Gasteiger partial charge in [-0.25, -0.2) is 0 Å². The minimum absolute atomic E-state index is 0.191. The average molecular weight is 244 g/mol. The molecule has 2 aromatic heterocycles. The summed E-state index contributed by atoms with van der Waals surface area (Å²) in [5, 5.41) is 7.10. The smallest absolute Gasteiger partial charge is 0.258 e. The quantitative estimate of drug-likeness (QED) is 0.897. The number of nitrogens with zero attached hydrogens (tertiary/aromatic N) is 3. The Morgan fingerprint density at radius 3 is 3.00 bits per heavy atom. The van der Waals surface area contributed by atoms with Crippen LogP contribution in [0.3, 0.4) is 0 Å².